The van der Waals surface area contributed by atoms with Gasteiger partial charge >= 0.3 is 0 Å². The maximum Gasteiger partial charge on any atom is 0.275 e. The first kappa shape index (κ1) is 13.7. The number of anilines is 1. The maximum atomic E-state index is 12.2. The molecule has 2 heterocycles. The van der Waals surface area contributed by atoms with Gasteiger partial charge in [0.15, 0.2) is 5.82 Å². The zero-order chi connectivity index (χ0) is 14.7. The first-order chi connectivity index (χ1) is 9.55. The number of hydrogen-bond acceptors (Lipinski definition) is 5. The monoisotopic (exact) mass is 270 g/mol. The van der Waals surface area contributed by atoms with Crippen molar-refractivity contribution < 1.29 is 4.79 Å². The van der Waals surface area contributed by atoms with Crippen molar-refractivity contribution in [2.24, 2.45) is 0 Å². The molecule has 0 bridgehead atoms. The maximum absolute atomic E-state index is 12.2. The van der Waals surface area contributed by atoms with Gasteiger partial charge in [-0.25, -0.2) is 9.97 Å². The van der Waals surface area contributed by atoms with Crippen LogP contribution in [0.3, 0.4) is 0 Å². The molecule has 0 unspecified atom stereocenters. The molecule has 7 heteroatoms. The van der Waals surface area contributed by atoms with Crippen molar-refractivity contribution in [3.05, 3.63) is 35.0 Å². The van der Waals surface area contributed by atoms with Crippen LogP contribution in [0.25, 0.3) is 0 Å². The zero-order valence-electron chi connectivity index (χ0n) is 11.5. The molecule has 2 aromatic rings. The number of carbonyl (C=O) groups excluding carboxylic acids is 1. The van der Waals surface area contributed by atoms with Gasteiger partial charge in [0.05, 0.1) is 11.9 Å². The van der Waals surface area contributed by atoms with Gasteiger partial charge in [-0.3, -0.25) is 9.48 Å². The smallest absolute Gasteiger partial charge is 0.275 e. The van der Waals surface area contributed by atoms with Crippen molar-refractivity contribution in [1.29, 1.82) is 5.26 Å². The summed E-state index contributed by atoms with van der Waals surface area (Å²) >= 11 is 0. The van der Waals surface area contributed by atoms with Gasteiger partial charge in [-0.15, -0.1) is 0 Å². The third-order valence-electron chi connectivity index (χ3n) is 2.70. The molecule has 20 heavy (non-hydrogen) atoms. The van der Waals surface area contributed by atoms with Crippen molar-refractivity contribution in [3.8, 4) is 6.07 Å². The van der Waals surface area contributed by atoms with Crippen LogP contribution in [0.4, 0.5) is 5.82 Å². The molecule has 2 rings (SSSR count). The molecule has 1 N–H and O–H groups in total. The van der Waals surface area contributed by atoms with E-state index in [1.54, 1.807) is 17.7 Å². The van der Waals surface area contributed by atoms with Crippen molar-refractivity contribution >= 4 is 11.7 Å². The lowest BCUT2D eigenvalue weighted by Crippen LogP contribution is -2.19. The van der Waals surface area contributed by atoms with Crippen LogP contribution in [0.5, 0.6) is 0 Å². The number of amides is 1. The summed E-state index contributed by atoms with van der Waals surface area (Å²) in [5, 5.41) is 15.8. The van der Waals surface area contributed by atoms with E-state index < -0.39 is 0 Å². The lowest BCUT2D eigenvalue weighted by molar-refractivity contribution is 0.101. The van der Waals surface area contributed by atoms with Crippen molar-refractivity contribution in [3.63, 3.8) is 0 Å². The Balaban J connectivity index is 2.32. The molecule has 7 nitrogen and oxygen atoms in total. The third-order valence-corrected chi connectivity index (χ3v) is 2.70. The average molecular weight is 270 g/mol. The Morgan fingerprint density at radius 1 is 1.50 bits per heavy atom. The molecule has 0 aromatic carbocycles. The Kier molecular flexibility index (Phi) is 3.75. The predicted octanol–water partition coefficient (Wildman–Crippen LogP) is 1.43. The van der Waals surface area contributed by atoms with Crippen LogP contribution < -0.4 is 5.32 Å². The Labute approximate surface area is 116 Å². The van der Waals surface area contributed by atoms with Crippen molar-refractivity contribution in [2.75, 3.05) is 5.32 Å². The number of nitrogens with zero attached hydrogens (tertiary/aromatic N) is 5. The minimum Gasteiger partial charge on any atom is -0.304 e. The molecule has 102 valence electrons. The Bertz CT molecular complexity index is 697. The van der Waals surface area contributed by atoms with Crippen LogP contribution >= 0.6 is 0 Å². The highest BCUT2D eigenvalue weighted by molar-refractivity contribution is 6.03. The van der Waals surface area contributed by atoms with Crippen LogP contribution in [0.1, 0.15) is 34.5 Å². The summed E-state index contributed by atoms with van der Waals surface area (Å²) in [6.07, 6.45) is 1.39. The summed E-state index contributed by atoms with van der Waals surface area (Å²) in [4.78, 5) is 20.2. The molecule has 0 aliphatic carbocycles. The van der Waals surface area contributed by atoms with Gasteiger partial charge in [-0.1, -0.05) is 0 Å². The standard InChI is InChI=1S/C13H14N6O/c1-4-19-11(5-8(2)18-19)13(20)17-12-10(6-14)7-15-9(3)16-12/h5,7H,4H2,1-3H3,(H,15,16,17,20). The average Bonchev–Trinajstić information content (AvgIpc) is 2.80. The van der Waals surface area contributed by atoms with Crippen LogP contribution in [0.15, 0.2) is 12.3 Å². The normalized spacial score (nSPS) is 10.1. The van der Waals surface area contributed by atoms with Crippen molar-refractivity contribution in [1.82, 2.24) is 19.7 Å². The first-order valence-corrected chi connectivity index (χ1v) is 6.14. The minimum absolute atomic E-state index is 0.214. The zero-order valence-corrected chi connectivity index (χ0v) is 11.5. The van der Waals surface area contributed by atoms with E-state index >= 15 is 0 Å². The van der Waals surface area contributed by atoms with Crippen molar-refractivity contribution in [2.45, 2.75) is 27.3 Å². The predicted molar refractivity (Wildman–Crippen MR) is 72.1 cm³/mol. The number of rotatable bonds is 3. The molecule has 0 aliphatic rings. The molecule has 0 radical (unpaired) electrons. The Morgan fingerprint density at radius 2 is 2.25 bits per heavy atom. The van der Waals surface area contributed by atoms with E-state index in [0.717, 1.165) is 5.69 Å². The number of carbonyl (C=O) groups is 1. The highest BCUT2D eigenvalue weighted by Gasteiger charge is 2.16. The van der Waals surface area contributed by atoms with E-state index in [1.165, 1.54) is 6.20 Å². The van der Waals surface area contributed by atoms with E-state index in [0.29, 0.717) is 18.1 Å². The molecule has 0 aliphatic heterocycles. The van der Waals surface area contributed by atoms with Crippen LogP contribution in [-0.2, 0) is 6.54 Å². The first-order valence-electron chi connectivity index (χ1n) is 6.14. The van der Waals surface area contributed by atoms with Crippen LogP contribution in [-0.4, -0.2) is 25.7 Å². The van der Waals surface area contributed by atoms with E-state index in [1.807, 2.05) is 19.9 Å². The Hall–Kier alpha value is -2.75. The highest BCUT2D eigenvalue weighted by Crippen LogP contribution is 2.13. The largest absolute Gasteiger partial charge is 0.304 e. The molecule has 0 saturated heterocycles. The van der Waals surface area contributed by atoms with E-state index in [-0.39, 0.29) is 17.3 Å². The fourth-order valence-electron chi connectivity index (χ4n) is 1.79. The summed E-state index contributed by atoms with van der Waals surface area (Å²) in [5.41, 5.74) is 1.42. The second-order valence-electron chi connectivity index (χ2n) is 4.23. The van der Waals surface area contributed by atoms with Gasteiger partial charge in [0.2, 0.25) is 0 Å². The van der Waals surface area contributed by atoms with Crippen LogP contribution in [0.2, 0.25) is 0 Å². The van der Waals surface area contributed by atoms with E-state index in [4.69, 9.17) is 5.26 Å². The SMILES string of the molecule is CCn1nc(C)cc1C(=O)Nc1nc(C)ncc1C#N. The fraction of sp³-hybridized carbons (Fsp3) is 0.308. The fourth-order valence-corrected chi connectivity index (χ4v) is 1.79. The summed E-state index contributed by atoms with van der Waals surface area (Å²) in [5.74, 6) is 0.355. The second kappa shape index (κ2) is 5.48. The molecule has 1 amide bonds. The van der Waals surface area contributed by atoms with Crippen LogP contribution in [0, 0.1) is 25.2 Å². The molecular weight excluding hydrogens is 256 g/mol. The lowest BCUT2D eigenvalue weighted by atomic mass is 10.3. The third kappa shape index (κ3) is 2.64. The van der Waals surface area contributed by atoms with E-state index in [9.17, 15) is 4.79 Å². The number of aryl methyl sites for hydroxylation is 3. The number of nitrogens with one attached hydrogen (secondary N) is 1. The minimum atomic E-state index is -0.345. The topological polar surface area (TPSA) is 96.5 Å². The molecule has 2 aromatic heterocycles. The van der Waals surface area contributed by atoms with Gasteiger partial charge in [-0.05, 0) is 26.8 Å². The number of hydrogen-bond donors (Lipinski definition) is 1. The molecule has 0 atom stereocenters. The summed E-state index contributed by atoms with van der Waals surface area (Å²) in [7, 11) is 0. The van der Waals surface area contributed by atoms with Gasteiger partial charge < -0.3 is 5.32 Å². The summed E-state index contributed by atoms with van der Waals surface area (Å²) < 4.78 is 1.60. The second-order valence-corrected chi connectivity index (χ2v) is 4.23. The van der Waals surface area contributed by atoms with Gasteiger partial charge in [0, 0.05) is 6.54 Å². The number of nitriles is 1. The molecule has 0 spiro atoms. The molecule has 0 fully saturated rings. The van der Waals surface area contributed by atoms with Gasteiger partial charge in [0.1, 0.15) is 23.2 Å². The lowest BCUT2D eigenvalue weighted by Gasteiger charge is -2.07. The summed E-state index contributed by atoms with van der Waals surface area (Å²) in [6.45, 7) is 6.00. The van der Waals surface area contributed by atoms with Gasteiger partial charge in [-0.2, -0.15) is 10.4 Å². The van der Waals surface area contributed by atoms with E-state index in [2.05, 4.69) is 20.4 Å². The Morgan fingerprint density at radius 3 is 2.90 bits per heavy atom. The number of aromatic nitrogens is 4. The summed E-state index contributed by atoms with van der Waals surface area (Å²) in [6, 6.07) is 3.64. The highest BCUT2D eigenvalue weighted by atomic mass is 16.2. The molecule has 0 saturated carbocycles. The molecular formula is C13H14N6O. The quantitative estimate of drug-likeness (QED) is 0.910. The van der Waals surface area contributed by atoms with Gasteiger partial charge in [0.25, 0.3) is 5.91 Å².